The molecule has 0 atom stereocenters. The van der Waals surface area contributed by atoms with Crippen molar-refractivity contribution in [3.63, 3.8) is 0 Å². The van der Waals surface area contributed by atoms with Crippen LogP contribution in [0.5, 0.6) is 11.5 Å². The van der Waals surface area contributed by atoms with E-state index in [0.29, 0.717) is 22.9 Å². The van der Waals surface area contributed by atoms with E-state index in [1.165, 1.54) is 0 Å². The number of pyridine rings is 1. The van der Waals surface area contributed by atoms with Crippen molar-refractivity contribution in [3.8, 4) is 11.5 Å². The number of anilines is 1. The van der Waals surface area contributed by atoms with Crippen molar-refractivity contribution in [2.75, 3.05) is 19.5 Å². The van der Waals surface area contributed by atoms with E-state index in [1.807, 2.05) is 13.0 Å². The molecule has 0 aliphatic rings. The summed E-state index contributed by atoms with van der Waals surface area (Å²) in [5.74, 6) is 0.908. The summed E-state index contributed by atoms with van der Waals surface area (Å²) in [6.45, 7) is 1.91. The first-order chi connectivity index (χ1) is 9.63. The summed E-state index contributed by atoms with van der Waals surface area (Å²) >= 11 is 0. The summed E-state index contributed by atoms with van der Waals surface area (Å²) < 4.78 is 10.4. The number of aromatic nitrogens is 1. The molecule has 0 saturated carbocycles. The third kappa shape index (κ3) is 3.06. The zero-order valence-corrected chi connectivity index (χ0v) is 11.6. The van der Waals surface area contributed by atoms with E-state index in [0.717, 1.165) is 5.56 Å². The number of hydrogen-bond acceptors (Lipinski definition) is 4. The Morgan fingerprint density at radius 3 is 2.60 bits per heavy atom. The van der Waals surface area contributed by atoms with Gasteiger partial charge in [0.05, 0.1) is 19.9 Å². The molecule has 1 heterocycles. The van der Waals surface area contributed by atoms with Crippen LogP contribution < -0.4 is 14.8 Å². The Labute approximate surface area is 117 Å². The van der Waals surface area contributed by atoms with Crippen molar-refractivity contribution in [2.45, 2.75) is 6.92 Å². The molecular formula is C15H16N2O3. The van der Waals surface area contributed by atoms with Gasteiger partial charge in [0, 0.05) is 12.3 Å². The van der Waals surface area contributed by atoms with E-state index in [2.05, 4.69) is 10.3 Å². The van der Waals surface area contributed by atoms with Crippen LogP contribution in [0.15, 0.2) is 36.5 Å². The maximum atomic E-state index is 12.2. The molecule has 2 rings (SSSR count). The summed E-state index contributed by atoms with van der Waals surface area (Å²) in [5, 5.41) is 2.77. The highest BCUT2D eigenvalue weighted by Crippen LogP contribution is 2.29. The second-order valence-corrected chi connectivity index (χ2v) is 4.24. The molecule has 104 valence electrons. The van der Waals surface area contributed by atoms with Crippen molar-refractivity contribution in [3.05, 3.63) is 47.8 Å². The number of rotatable bonds is 4. The normalized spacial score (nSPS) is 9.95. The third-order valence-electron chi connectivity index (χ3n) is 2.80. The van der Waals surface area contributed by atoms with Gasteiger partial charge in [0.25, 0.3) is 5.91 Å². The van der Waals surface area contributed by atoms with E-state index in [1.54, 1.807) is 44.7 Å². The number of aryl methyl sites for hydroxylation is 1. The van der Waals surface area contributed by atoms with Crippen molar-refractivity contribution in [1.29, 1.82) is 0 Å². The maximum absolute atomic E-state index is 12.2. The van der Waals surface area contributed by atoms with E-state index < -0.39 is 0 Å². The molecule has 5 heteroatoms. The fraction of sp³-hybridized carbons (Fsp3) is 0.200. The Morgan fingerprint density at radius 2 is 1.95 bits per heavy atom. The highest BCUT2D eigenvalue weighted by Gasteiger charge is 2.12. The lowest BCUT2D eigenvalue weighted by molar-refractivity contribution is 0.102. The molecule has 1 aromatic carbocycles. The van der Waals surface area contributed by atoms with Crippen LogP contribution in [-0.4, -0.2) is 25.1 Å². The quantitative estimate of drug-likeness (QED) is 0.929. The van der Waals surface area contributed by atoms with Crippen LogP contribution in [0.4, 0.5) is 5.69 Å². The van der Waals surface area contributed by atoms with E-state index in [9.17, 15) is 4.79 Å². The van der Waals surface area contributed by atoms with Crippen LogP contribution in [-0.2, 0) is 0 Å². The van der Waals surface area contributed by atoms with Crippen molar-refractivity contribution in [2.24, 2.45) is 0 Å². The van der Waals surface area contributed by atoms with Crippen LogP contribution in [0.2, 0.25) is 0 Å². The smallest absolute Gasteiger partial charge is 0.274 e. The average molecular weight is 272 g/mol. The Balaban J connectivity index is 2.27. The molecule has 1 amide bonds. The number of hydrogen-bond donors (Lipinski definition) is 1. The third-order valence-corrected chi connectivity index (χ3v) is 2.80. The molecule has 0 spiro atoms. The van der Waals surface area contributed by atoms with E-state index >= 15 is 0 Å². The van der Waals surface area contributed by atoms with E-state index in [-0.39, 0.29) is 5.91 Å². The van der Waals surface area contributed by atoms with Crippen LogP contribution in [0.3, 0.4) is 0 Å². The topological polar surface area (TPSA) is 60.5 Å². The van der Waals surface area contributed by atoms with Gasteiger partial charge in [0.2, 0.25) is 0 Å². The number of nitrogens with zero attached hydrogens (tertiary/aromatic N) is 1. The SMILES string of the molecule is COc1ccc(OC)c(NC(=O)c2cc(C)ccn2)c1. The number of methoxy groups -OCH3 is 2. The van der Waals surface area contributed by atoms with E-state index in [4.69, 9.17) is 9.47 Å². The van der Waals surface area contributed by atoms with Gasteiger partial charge in [0.1, 0.15) is 17.2 Å². The molecule has 0 saturated heterocycles. The van der Waals surface area contributed by atoms with Gasteiger partial charge < -0.3 is 14.8 Å². The molecule has 0 bridgehead atoms. The molecule has 0 fully saturated rings. The maximum Gasteiger partial charge on any atom is 0.274 e. The summed E-state index contributed by atoms with van der Waals surface area (Å²) in [6, 6.07) is 8.76. The Morgan fingerprint density at radius 1 is 1.15 bits per heavy atom. The van der Waals surface area contributed by atoms with Gasteiger partial charge in [0.15, 0.2) is 0 Å². The zero-order valence-electron chi connectivity index (χ0n) is 11.6. The lowest BCUT2D eigenvalue weighted by Crippen LogP contribution is -2.14. The highest BCUT2D eigenvalue weighted by molar-refractivity contribution is 6.03. The first-order valence-corrected chi connectivity index (χ1v) is 6.10. The van der Waals surface area contributed by atoms with Crippen LogP contribution in [0.25, 0.3) is 0 Å². The predicted molar refractivity (Wildman–Crippen MR) is 76.5 cm³/mol. The number of carbonyl (C=O) groups excluding carboxylic acids is 1. The Kier molecular flexibility index (Phi) is 4.20. The van der Waals surface area contributed by atoms with Crippen molar-refractivity contribution in [1.82, 2.24) is 4.98 Å². The molecular weight excluding hydrogens is 256 g/mol. The van der Waals surface area contributed by atoms with Gasteiger partial charge in [-0.2, -0.15) is 0 Å². The molecule has 0 unspecified atom stereocenters. The Hall–Kier alpha value is -2.56. The van der Waals surface area contributed by atoms with Crippen molar-refractivity contribution >= 4 is 11.6 Å². The minimum atomic E-state index is -0.291. The van der Waals surface area contributed by atoms with Gasteiger partial charge in [-0.3, -0.25) is 9.78 Å². The second kappa shape index (κ2) is 6.06. The highest BCUT2D eigenvalue weighted by atomic mass is 16.5. The van der Waals surface area contributed by atoms with Crippen molar-refractivity contribution < 1.29 is 14.3 Å². The fourth-order valence-corrected chi connectivity index (χ4v) is 1.76. The molecule has 0 aliphatic carbocycles. The summed E-state index contributed by atoms with van der Waals surface area (Å²) in [4.78, 5) is 16.2. The first kappa shape index (κ1) is 13.9. The predicted octanol–water partition coefficient (Wildman–Crippen LogP) is 2.66. The summed E-state index contributed by atoms with van der Waals surface area (Å²) in [6.07, 6.45) is 1.60. The monoisotopic (exact) mass is 272 g/mol. The minimum absolute atomic E-state index is 0.291. The number of carbonyl (C=O) groups is 1. The lowest BCUT2D eigenvalue weighted by Gasteiger charge is -2.11. The summed E-state index contributed by atoms with van der Waals surface area (Å²) in [5.41, 5.74) is 1.87. The van der Waals surface area contributed by atoms with Gasteiger partial charge in [-0.15, -0.1) is 0 Å². The number of benzene rings is 1. The van der Waals surface area contributed by atoms with Crippen LogP contribution >= 0.6 is 0 Å². The molecule has 5 nitrogen and oxygen atoms in total. The number of ether oxygens (including phenoxy) is 2. The standard InChI is InChI=1S/C15H16N2O3/c1-10-6-7-16-13(8-10)15(18)17-12-9-11(19-2)4-5-14(12)20-3/h4-9H,1-3H3,(H,17,18). The number of nitrogens with one attached hydrogen (secondary N) is 1. The minimum Gasteiger partial charge on any atom is -0.497 e. The molecule has 20 heavy (non-hydrogen) atoms. The molecule has 0 radical (unpaired) electrons. The van der Waals surface area contributed by atoms with Crippen LogP contribution in [0, 0.1) is 6.92 Å². The van der Waals surface area contributed by atoms with Gasteiger partial charge in [-0.25, -0.2) is 0 Å². The first-order valence-electron chi connectivity index (χ1n) is 6.10. The van der Waals surface area contributed by atoms with Gasteiger partial charge in [-0.05, 0) is 36.8 Å². The fourth-order valence-electron chi connectivity index (χ4n) is 1.76. The largest absolute Gasteiger partial charge is 0.497 e. The zero-order chi connectivity index (χ0) is 14.5. The van der Waals surface area contributed by atoms with Crippen LogP contribution in [0.1, 0.15) is 16.1 Å². The Bertz CT molecular complexity index is 626. The average Bonchev–Trinajstić information content (AvgIpc) is 2.47. The second-order valence-electron chi connectivity index (χ2n) is 4.24. The molecule has 1 aromatic heterocycles. The summed E-state index contributed by atoms with van der Waals surface area (Å²) in [7, 11) is 3.11. The number of amides is 1. The lowest BCUT2D eigenvalue weighted by atomic mass is 10.2. The molecule has 1 N–H and O–H groups in total. The van der Waals surface area contributed by atoms with Gasteiger partial charge in [-0.1, -0.05) is 0 Å². The van der Waals surface area contributed by atoms with Gasteiger partial charge >= 0.3 is 0 Å². The molecule has 0 aliphatic heterocycles. The molecule has 2 aromatic rings.